The topological polar surface area (TPSA) is 54.0 Å². The highest BCUT2D eigenvalue weighted by atomic mass is 16.1. The largest absolute Gasteiger partial charge is 0.350 e. The zero-order chi connectivity index (χ0) is 11.4. The molecule has 16 heavy (non-hydrogen) atoms. The number of aromatic nitrogens is 1. The van der Waals surface area contributed by atoms with Gasteiger partial charge in [0, 0.05) is 24.5 Å². The molecule has 2 rings (SSSR count). The molecule has 86 valence electrons. The quantitative estimate of drug-likeness (QED) is 0.793. The number of hydrogen-bond acceptors (Lipinski definition) is 3. The van der Waals surface area contributed by atoms with E-state index in [1.807, 2.05) is 13.0 Å². The molecule has 1 unspecified atom stereocenters. The van der Waals surface area contributed by atoms with E-state index in [0.29, 0.717) is 18.2 Å². The lowest BCUT2D eigenvalue weighted by Crippen LogP contribution is -2.37. The second-order valence-corrected chi connectivity index (χ2v) is 4.19. The molecular formula is C12H17N3O. The van der Waals surface area contributed by atoms with Crippen molar-refractivity contribution >= 4 is 5.91 Å². The van der Waals surface area contributed by atoms with E-state index >= 15 is 0 Å². The average molecular weight is 219 g/mol. The van der Waals surface area contributed by atoms with Gasteiger partial charge in [-0.15, -0.1) is 0 Å². The number of nitrogens with one attached hydrogen (secondary N) is 2. The van der Waals surface area contributed by atoms with Gasteiger partial charge >= 0.3 is 0 Å². The molecule has 0 aromatic carbocycles. The Bertz CT molecular complexity index is 355. The molecule has 4 nitrogen and oxygen atoms in total. The van der Waals surface area contributed by atoms with Crippen molar-refractivity contribution in [1.82, 2.24) is 15.6 Å². The van der Waals surface area contributed by atoms with Gasteiger partial charge in [-0.2, -0.15) is 0 Å². The van der Waals surface area contributed by atoms with Crippen LogP contribution in [0, 0.1) is 6.92 Å². The van der Waals surface area contributed by atoms with Gasteiger partial charge in [-0.1, -0.05) is 0 Å². The van der Waals surface area contributed by atoms with Crippen molar-refractivity contribution in [2.75, 3.05) is 13.1 Å². The van der Waals surface area contributed by atoms with Crippen LogP contribution in [0.5, 0.6) is 0 Å². The van der Waals surface area contributed by atoms with Crippen LogP contribution in [-0.2, 0) is 0 Å². The van der Waals surface area contributed by atoms with Crippen molar-refractivity contribution in [1.29, 1.82) is 0 Å². The number of hydrogen-bond donors (Lipinski definition) is 2. The lowest BCUT2D eigenvalue weighted by Gasteiger charge is -2.11. The first kappa shape index (κ1) is 11.1. The van der Waals surface area contributed by atoms with E-state index in [1.165, 1.54) is 6.42 Å². The molecule has 1 aromatic rings. The SMILES string of the molecule is Cc1ccc(C(=O)NCC2CCCN2)cn1. The number of aryl methyl sites for hydroxylation is 1. The van der Waals surface area contributed by atoms with Crippen molar-refractivity contribution in [3.05, 3.63) is 29.6 Å². The van der Waals surface area contributed by atoms with Crippen LogP contribution in [0.4, 0.5) is 0 Å². The fourth-order valence-electron chi connectivity index (χ4n) is 1.85. The van der Waals surface area contributed by atoms with Gasteiger partial charge in [0.25, 0.3) is 5.91 Å². The Hall–Kier alpha value is -1.42. The summed E-state index contributed by atoms with van der Waals surface area (Å²) in [4.78, 5) is 15.8. The summed E-state index contributed by atoms with van der Waals surface area (Å²) in [6.45, 7) is 3.67. The minimum atomic E-state index is -0.0406. The molecule has 1 aromatic heterocycles. The highest BCUT2D eigenvalue weighted by Gasteiger charge is 2.15. The molecular weight excluding hydrogens is 202 g/mol. The van der Waals surface area contributed by atoms with Crippen LogP contribution in [0.3, 0.4) is 0 Å². The van der Waals surface area contributed by atoms with Gasteiger partial charge in [0.15, 0.2) is 0 Å². The number of rotatable bonds is 3. The zero-order valence-corrected chi connectivity index (χ0v) is 9.49. The van der Waals surface area contributed by atoms with Gasteiger partial charge in [-0.05, 0) is 38.4 Å². The maximum Gasteiger partial charge on any atom is 0.252 e. The summed E-state index contributed by atoms with van der Waals surface area (Å²) >= 11 is 0. The minimum Gasteiger partial charge on any atom is -0.350 e. The Morgan fingerprint density at radius 1 is 1.62 bits per heavy atom. The van der Waals surface area contributed by atoms with E-state index in [2.05, 4.69) is 15.6 Å². The van der Waals surface area contributed by atoms with E-state index in [0.717, 1.165) is 18.7 Å². The second kappa shape index (κ2) is 5.07. The fourth-order valence-corrected chi connectivity index (χ4v) is 1.85. The van der Waals surface area contributed by atoms with Crippen molar-refractivity contribution in [2.45, 2.75) is 25.8 Å². The Kier molecular flexibility index (Phi) is 3.51. The Balaban J connectivity index is 1.85. The molecule has 0 spiro atoms. The summed E-state index contributed by atoms with van der Waals surface area (Å²) in [6, 6.07) is 4.09. The molecule has 0 saturated carbocycles. The Morgan fingerprint density at radius 3 is 3.12 bits per heavy atom. The van der Waals surface area contributed by atoms with Gasteiger partial charge in [-0.3, -0.25) is 9.78 Å². The molecule has 0 bridgehead atoms. The maximum atomic E-state index is 11.7. The lowest BCUT2D eigenvalue weighted by molar-refractivity contribution is 0.0950. The molecule has 1 saturated heterocycles. The smallest absolute Gasteiger partial charge is 0.252 e. The highest BCUT2D eigenvalue weighted by molar-refractivity contribution is 5.93. The normalized spacial score (nSPS) is 19.7. The van der Waals surface area contributed by atoms with E-state index in [9.17, 15) is 4.79 Å². The summed E-state index contributed by atoms with van der Waals surface area (Å²) in [6.07, 6.45) is 3.96. The predicted octanol–water partition coefficient (Wildman–Crippen LogP) is 0.872. The van der Waals surface area contributed by atoms with E-state index in [-0.39, 0.29) is 5.91 Å². The molecule has 1 amide bonds. The van der Waals surface area contributed by atoms with Crippen molar-refractivity contribution in [3.8, 4) is 0 Å². The molecule has 1 aliphatic rings. The number of nitrogens with zero attached hydrogens (tertiary/aromatic N) is 1. The number of carbonyl (C=O) groups excluding carboxylic acids is 1. The van der Waals surface area contributed by atoms with Crippen molar-refractivity contribution in [3.63, 3.8) is 0 Å². The Labute approximate surface area is 95.5 Å². The molecule has 1 aliphatic heterocycles. The van der Waals surface area contributed by atoms with Crippen LogP contribution in [-0.4, -0.2) is 30.0 Å². The molecule has 4 heteroatoms. The molecule has 1 atom stereocenters. The third-order valence-electron chi connectivity index (χ3n) is 2.84. The average Bonchev–Trinajstić information content (AvgIpc) is 2.80. The second-order valence-electron chi connectivity index (χ2n) is 4.19. The molecule has 2 N–H and O–H groups in total. The first-order valence-corrected chi connectivity index (χ1v) is 5.70. The van der Waals surface area contributed by atoms with E-state index in [1.54, 1.807) is 12.3 Å². The minimum absolute atomic E-state index is 0.0406. The van der Waals surface area contributed by atoms with E-state index < -0.39 is 0 Å². The first-order valence-electron chi connectivity index (χ1n) is 5.70. The fraction of sp³-hybridized carbons (Fsp3) is 0.500. The summed E-state index contributed by atoms with van der Waals surface area (Å²) in [5, 5.41) is 6.26. The van der Waals surface area contributed by atoms with Gasteiger partial charge < -0.3 is 10.6 Å². The van der Waals surface area contributed by atoms with Crippen LogP contribution < -0.4 is 10.6 Å². The standard InChI is InChI=1S/C12H17N3O/c1-9-4-5-10(7-14-9)12(16)15-8-11-3-2-6-13-11/h4-5,7,11,13H,2-3,6,8H2,1H3,(H,15,16). The molecule has 2 heterocycles. The number of carbonyl (C=O) groups is 1. The van der Waals surface area contributed by atoms with Crippen LogP contribution in [0.1, 0.15) is 28.9 Å². The van der Waals surface area contributed by atoms with Crippen LogP contribution in [0.15, 0.2) is 18.3 Å². The van der Waals surface area contributed by atoms with E-state index in [4.69, 9.17) is 0 Å². The van der Waals surface area contributed by atoms with Gasteiger partial charge in [0.05, 0.1) is 5.56 Å². The summed E-state index contributed by atoms with van der Waals surface area (Å²) < 4.78 is 0. The Morgan fingerprint density at radius 2 is 2.50 bits per heavy atom. The van der Waals surface area contributed by atoms with Crippen LogP contribution >= 0.6 is 0 Å². The van der Waals surface area contributed by atoms with Crippen LogP contribution in [0.25, 0.3) is 0 Å². The van der Waals surface area contributed by atoms with Gasteiger partial charge in [0.2, 0.25) is 0 Å². The van der Waals surface area contributed by atoms with Crippen LogP contribution in [0.2, 0.25) is 0 Å². The van der Waals surface area contributed by atoms with Gasteiger partial charge in [0.1, 0.15) is 0 Å². The maximum absolute atomic E-state index is 11.7. The van der Waals surface area contributed by atoms with Crippen molar-refractivity contribution in [2.24, 2.45) is 0 Å². The monoisotopic (exact) mass is 219 g/mol. The van der Waals surface area contributed by atoms with Crippen molar-refractivity contribution < 1.29 is 4.79 Å². The third kappa shape index (κ3) is 2.79. The summed E-state index contributed by atoms with van der Waals surface area (Å²) in [5.74, 6) is -0.0406. The molecule has 1 fully saturated rings. The number of amides is 1. The number of pyridine rings is 1. The first-order chi connectivity index (χ1) is 7.75. The summed E-state index contributed by atoms with van der Waals surface area (Å²) in [7, 11) is 0. The highest BCUT2D eigenvalue weighted by Crippen LogP contribution is 2.04. The lowest BCUT2D eigenvalue weighted by atomic mass is 10.2. The molecule has 0 radical (unpaired) electrons. The third-order valence-corrected chi connectivity index (χ3v) is 2.84. The van der Waals surface area contributed by atoms with Gasteiger partial charge in [-0.25, -0.2) is 0 Å². The summed E-state index contributed by atoms with van der Waals surface area (Å²) in [5.41, 5.74) is 1.55. The zero-order valence-electron chi connectivity index (χ0n) is 9.49. The predicted molar refractivity (Wildman–Crippen MR) is 62.3 cm³/mol. The molecule has 0 aliphatic carbocycles.